The molecule has 222 valence electrons. The first-order chi connectivity index (χ1) is 19.6. The third-order valence-electron chi connectivity index (χ3n) is 8.29. The van der Waals surface area contributed by atoms with Crippen LogP contribution in [0, 0.1) is 5.92 Å². The molecular weight excluding hydrogens is 512 g/mol. The van der Waals surface area contributed by atoms with Crippen LogP contribution in [0.4, 0.5) is 5.69 Å². The Kier molecular flexibility index (Phi) is 10.3. The number of fused-ring (bicyclic) bond motifs is 1. The molecule has 0 radical (unpaired) electrons. The predicted molar refractivity (Wildman–Crippen MR) is 167 cm³/mol. The van der Waals surface area contributed by atoms with Gasteiger partial charge in [0.1, 0.15) is 0 Å². The number of carbonyl (C=O) groups excluding carboxylic acids is 2. The number of nitrogens with one attached hydrogen (secondary N) is 2. The second-order valence-electron chi connectivity index (χ2n) is 12.6. The first-order valence-electron chi connectivity index (χ1n) is 15.3. The summed E-state index contributed by atoms with van der Waals surface area (Å²) in [7, 11) is 0. The number of aryl methyl sites for hydroxylation is 1. The van der Waals surface area contributed by atoms with Crippen LogP contribution < -0.4 is 15.5 Å². The Labute approximate surface area is 245 Å². The molecule has 3 N–H and O–H groups in total. The summed E-state index contributed by atoms with van der Waals surface area (Å²) in [6.07, 6.45) is 6.39. The van der Waals surface area contributed by atoms with Crippen LogP contribution in [-0.4, -0.2) is 52.3 Å². The molecular formula is C34H48N4O3. The molecule has 2 aromatic carbocycles. The first kappa shape index (κ1) is 30.8. The lowest BCUT2D eigenvalue weighted by atomic mass is 9.93. The zero-order valence-electron chi connectivity index (χ0n) is 25.5. The highest BCUT2D eigenvalue weighted by Crippen LogP contribution is 2.32. The number of carbonyl (C=O) groups is 2. The normalized spacial score (nSPS) is 15.6. The smallest absolute Gasteiger partial charge is 0.251 e. The molecule has 2 amide bonds. The van der Waals surface area contributed by atoms with Crippen LogP contribution in [0.2, 0.25) is 0 Å². The summed E-state index contributed by atoms with van der Waals surface area (Å²) in [4.78, 5) is 28.3. The molecule has 2 atom stereocenters. The number of β-amino-alcohol motifs (C(OH)–C–C–N with tert-alkyl or cyclic N) is 1. The molecule has 1 aliphatic heterocycles. The number of nitrogens with zero attached hydrogens (tertiary/aromatic N) is 2. The van der Waals surface area contributed by atoms with E-state index in [-0.39, 0.29) is 17.4 Å². The maximum absolute atomic E-state index is 13.8. The Hall–Kier alpha value is -3.16. The van der Waals surface area contributed by atoms with E-state index < -0.39 is 12.1 Å². The minimum absolute atomic E-state index is 0.0903. The van der Waals surface area contributed by atoms with Gasteiger partial charge in [-0.3, -0.25) is 9.59 Å². The fourth-order valence-electron chi connectivity index (χ4n) is 5.78. The van der Waals surface area contributed by atoms with Crippen molar-refractivity contribution in [3.63, 3.8) is 0 Å². The highest BCUT2D eigenvalue weighted by molar-refractivity contribution is 6.08. The van der Waals surface area contributed by atoms with Crippen molar-refractivity contribution >= 4 is 28.4 Å². The van der Waals surface area contributed by atoms with Gasteiger partial charge in [0.25, 0.3) is 5.91 Å². The fraction of sp³-hybridized carbons (Fsp3) is 0.529. The van der Waals surface area contributed by atoms with Gasteiger partial charge in [-0.15, -0.1) is 0 Å². The SMILES string of the molecule is CCn1ccc2c(N3CCCC3=O)cc(C(=O)N[C@@H](Cc3ccccc3)[C@@H](O)CNC(C)(C)CCCC(C)C)cc21. The Morgan fingerprint density at radius 1 is 1.12 bits per heavy atom. The van der Waals surface area contributed by atoms with E-state index in [0.717, 1.165) is 48.0 Å². The number of anilines is 1. The van der Waals surface area contributed by atoms with E-state index in [1.807, 2.05) is 54.7 Å². The van der Waals surface area contributed by atoms with Crippen LogP contribution in [-0.2, 0) is 17.8 Å². The number of hydrogen-bond acceptors (Lipinski definition) is 4. The molecule has 7 heteroatoms. The number of amides is 2. The van der Waals surface area contributed by atoms with Gasteiger partial charge in [0.05, 0.1) is 23.3 Å². The molecule has 0 unspecified atom stereocenters. The zero-order chi connectivity index (χ0) is 29.6. The largest absolute Gasteiger partial charge is 0.390 e. The summed E-state index contributed by atoms with van der Waals surface area (Å²) >= 11 is 0. The molecule has 0 aliphatic carbocycles. The molecule has 0 bridgehead atoms. The molecule has 3 aromatic rings. The van der Waals surface area contributed by atoms with Gasteiger partial charge in [-0.05, 0) is 69.7 Å². The molecule has 4 rings (SSSR count). The minimum Gasteiger partial charge on any atom is -0.390 e. The average molecular weight is 561 g/mol. The number of benzene rings is 2. The third-order valence-corrected chi connectivity index (χ3v) is 8.29. The number of aliphatic hydroxyl groups is 1. The quantitative estimate of drug-likeness (QED) is 0.237. The van der Waals surface area contributed by atoms with E-state index in [0.29, 0.717) is 37.4 Å². The Morgan fingerprint density at radius 3 is 2.54 bits per heavy atom. The molecule has 7 nitrogen and oxygen atoms in total. The van der Waals surface area contributed by atoms with E-state index in [9.17, 15) is 14.7 Å². The summed E-state index contributed by atoms with van der Waals surface area (Å²) in [6.45, 7) is 12.7. The maximum Gasteiger partial charge on any atom is 0.251 e. The van der Waals surface area contributed by atoms with Crippen molar-refractivity contribution in [2.45, 2.75) is 97.4 Å². The summed E-state index contributed by atoms with van der Waals surface area (Å²) in [5.41, 5.74) is 3.14. The van der Waals surface area contributed by atoms with Crippen molar-refractivity contribution in [3.05, 3.63) is 65.9 Å². The summed E-state index contributed by atoms with van der Waals surface area (Å²) < 4.78 is 2.09. The number of aliphatic hydroxyl groups excluding tert-OH is 1. The predicted octanol–water partition coefficient (Wildman–Crippen LogP) is 5.68. The molecule has 0 saturated carbocycles. The minimum atomic E-state index is -0.786. The van der Waals surface area contributed by atoms with Crippen molar-refractivity contribution < 1.29 is 14.7 Å². The molecule has 41 heavy (non-hydrogen) atoms. The Balaban J connectivity index is 1.56. The van der Waals surface area contributed by atoms with Crippen LogP contribution in [0.25, 0.3) is 10.9 Å². The molecule has 1 saturated heterocycles. The summed E-state index contributed by atoms with van der Waals surface area (Å²) in [5, 5.41) is 19.1. The lowest BCUT2D eigenvalue weighted by Gasteiger charge is -2.31. The maximum atomic E-state index is 13.8. The van der Waals surface area contributed by atoms with Crippen LogP contribution in [0.3, 0.4) is 0 Å². The van der Waals surface area contributed by atoms with Crippen LogP contribution in [0.15, 0.2) is 54.7 Å². The topological polar surface area (TPSA) is 86.6 Å². The van der Waals surface area contributed by atoms with Crippen molar-refractivity contribution in [2.75, 3.05) is 18.0 Å². The molecule has 1 aliphatic rings. The van der Waals surface area contributed by atoms with E-state index >= 15 is 0 Å². The highest BCUT2D eigenvalue weighted by atomic mass is 16.3. The average Bonchev–Trinajstić information content (AvgIpc) is 3.56. The van der Waals surface area contributed by atoms with Gasteiger partial charge in [0.15, 0.2) is 0 Å². The zero-order valence-corrected chi connectivity index (χ0v) is 25.5. The standard InChI is InChI=1S/C34H48N4O3/c1-6-37-19-16-27-29(37)21-26(22-30(27)38-18-11-15-32(38)40)33(41)36-28(20-25-13-8-7-9-14-25)31(39)23-35-34(4,5)17-10-12-24(2)3/h7-9,13-14,16,19,21-22,24,28,31,35,39H,6,10-12,15,17-18,20,23H2,1-5H3,(H,36,41)/t28-,31-/m0/s1. The van der Waals surface area contributed by atoms with Crippen LogP contribution in [0.5, 0.6) is 0 Å². The van der Waals surface area contributed by atoms with Gasteiger partial charge < -0.3 is 25.2 Å². The van der Waals surface area contributed by atoms with Gasteiger partial charge in [0.2, 0.25) is 5.91 Å². The van der Waals surface area contributed by atoms with E-state index in [2.05, 4.69) is 49.8 Å². The van der Waals surface area contributed by atoms with E-state index in [1.54, 1.807) is 4.90 Å². The van der Waals surface area contributed by atoms with Crippen LogP contribution in [0.1, 0.15) is 82.6 Å². The van der Waals surface area contributed by atoms with Crippen molar-refractivity contribution in [2.24, 2.45) is 5.92 Å². The van der Waals surface area contributed by atoms with Crippen LogP contribution >= 0.6 is 0 Å². The van der Waals surface area contributed by atoms with Crippen molar-refractivity contribution in [1.82, 2.24) is 15.2 Å². The molecule has 0 spiro atoms. The van der Waals surface area contributed by atoms with Gasteiger partial charge in [-0.25, -0.2) is 0 Å². The second-order valence-corrected chi connectivity index (χ2v) is 12.6. The summed E-state index contributed by atoms with van der Waals surface area (Å²) in [5.74, 6) is 0.512. The van der Waals surface area contributed by atoms with Gasteiger partial charge >= 0.3 is 0 Å². The Morgan fingerprint density at radius 2 is 1.88 bits per heavy atom. The summed E-state index contributed by atoms with van der Waals surface area (Å²) in [6, 6.07) is 15.2. The molecule has 2 heterocycles. The fourth-order valence-corrected chi connectivity index (χ4v) is 5.78. The van der Waals surface area contributed by atoms with Gasteiger partial charge in [-0.1, -0.05) is 57.0 Å². The monoisotopic (exact) mass is 560 g/mol. The molecule has 1 aromatic heterocycles. The van der Waals surface area contributed by atoms with E-state index in [4.69, 9.17) is 0 Å². The van der Waals surface area contributed by atoms with Gasteiger partial charge in [0, 0.05) is 48.7 Å². The van der Waals surface area contributed by atoms with E-state index in [1.165, 1.54) is 6.42 Å². The first-order valence-corrected chi connectivity index (χ1v) is 15.3. The number of aromatic nitrogens is 1. The second kappa shape index (κ2) is 13.7. The van der Waals surface area contributed by atoms with Crippen molar-refractivity contribution in [3.8, 4) is 0 Å². The highest BCUT2D eigenvalue weighted by Gasteiger charge is 2.28. The Bertz CT molecular complexity index is 1310. The number of rotatable bonds is 14. The lowest BCUT2D eigenvalue weighted by Crippen LogP contribution is -2.52. The van der Waals surface area contributed by atoms with Crippen molar-refractivity contribution in [1.29, 1.82) is 0 Å². The molecule has 1 fully saturated rings. The third kappa shape index (κ3) is 7.98. The number of hydrogen-bond donors (Lipinski definition) is 3. The van der Waals surface area contributed by atoms with Gasteiger partial charge in [-0.2, -0.15) is 0 Å². The lowest BCUT2D eigenvalue weighted by molar-refractivity contribution is -0.117.